The number of hydrogen-bond acceptors (Lipinski definition) is 0. The maximum atomic E-state index is 3.66. The molecule has 0 bridgehead atoms. The molecular formula is C26H18Br2. The highest BCUT2D eigenvalue weighted by molar-refractivity contribution is 9.11. The van der Waals surface area contributed by atoms with Crippen LogP contribution in [0.25, 0.3) is 11.1 Å². The molecule has 0 fully saturated rings. The van der Waals surface area contributed by atoms with E-state index in [1.165, 1.54) is 27.8 Å². The van der Waals surface area contributed by atoms with Crippen molar-refractivity contribution in [2.75, 3.05) is 0 Å². The van der Waals surface area contributed by atoms with Gasteiger partial charge in [0.25, 0.3) is 0 Å². The standard InChI is InChI=1S/C26H18Br2/c27-23-16-22(17-24(28)18-23)26(21-14-8-3-9-15-21)25(19-10-4-1-5-11-19)20-12-6-2-7-13-20/h1-18H. The van der Waals surface area contributed by atoms with Crippen LogP contribution in [0.15, 0.2) is 118 Å². The Morgan fingerprint density at radius 1 is 0.393 bits per heavy atom. The molecule has 2 heteroatoms. The Bertz CT molecular complexity index is 1040. The topological polar surface area (TPSA) is 0 Å². The lowest BCUT2D eigenvalue weighted by Crippen LogP contribution is -1.97. The molecule has 0 aromatic heterocycles. The van der Waals surface area contributed by atoms with Gasteiger partial charge in [-0.05, 0) is 51.6 Å². The summed E-state index contributed by atoms with van der Waals surface area (Å²) in [6.45, 7) is 0. The first-order valence-corrected chi connectivity index (χ1v) is 10.7. The van der Waals surface area contributed by atoms with Crippen molar-refractivity contribution in [2.24, 2.45) is 0 Å². The summed E-state index contributed by atoms with van der Waals surface area (Å²) in [5.41, 5.74) is 7.18. The predicted octanol–water partition coefficient (Wildman–Crippen LogP) is 8.22. The Morgan fingerprint density at radius 2 is 0.714 bits per heavy atom. The summed E-state index contributed by atoms with van der Waals surface area (Å²) >= 11 is 7.33. The predicted molar refractivity (Wildman–Crippen MR) is 126 cm³/mol. The molecule has 0 saturated heterocycles. The normalized spacial score (nSPS) is 10.5. The first-order valence-electron chi connectivity index (χ1n) is 9.09. The number of hydrogen-bond donors (Lipinski definition) is 0. The van der Waals surface area contributed by atoms with Crippen molar-refractivity contribution < 1.29 is 0 Å². The zero-order valence-corrected chi connectivity index (χ0v) is 18.3. The van der Waals surface area contributed by atoms with E-state index in [-0.39, 0.29) is 0 Å². The monoisotopic (exact) mass is 488 g/mol. The van der Waals surface area contributed by atoms with Gasteiger partial charge in [0.1, 0.15) is 0 Å². The van der Waals surface area contributed by atoms with E-state index in [0.29, 0.717) is 0 Å². The van der Waals surface area contributed by atoms with Crippen molar-refractivity contribution in [1.82, 2.24) is 0 Å². The molecule has 0 spiro atoms. The van der Waals surface area contributed by atoms with Crippen LogP contribution in [0.4, 0.5) is 0 Å². The molecule has 0 aliphatic heterocycles. The van der Waals surface area contributed by atoms with Crippen LogP contribution in [0.5, 0.6) is 0 Å². The van der Waals surface area contributed by atoms with E-state index < -0.39 is 0 Å². The number of benzene rings is 4. The van der Waals surface area contributed by atoms with Crippen molar-refractivity contribution in [2.45, 2.75) is 0 Å². The average Bonchev–Trinajstić information content (AvgIpc) is 2.73. The van der Waals surface area contributed by atoms with Crippen molar-refractivity contribution in [3.63, 3.8) is 0 Å². The molecule has 4 rings (SSSR count). The first kappa shape index (κ1) is 18.9. The molecule has 0 aliphatic carbocycles. The van der Waals surface area contributed by atoms with Gasteiger partial charge < -0.3 is 0 Å². The molecule has 0 nitrogen and oxygen atoms in total. The van der Waals surface area contributed by atoms with Crippen LogP contribution in [0.1, 0.15) is 22.3 Å². The Kier molecular flexibility index (Phi) is 5.90. The lowest BCUT2D eigenvalue weighted by atomic mass is 9.86. The third-order valence-corrected chi connectivity index (χ3v) is 5.50. The maximum Gasteiger partial charge on any atom is 0.0192 e. The van der Waals surface area contributed by atoms with Crippen LogP contribution in [-0.2, 0) is 0 Å². The molecule has 0 aliphatic rings. The molecule has 4 aromatic rings. The van der Waals surface area contributed by atoms with E-state index in [1.807, 2.05) is 0 Å². The highest BCUT2D eigenvalue weighted by atomic mass is 79.9. The second-order valence-electron chi connectivity index (χ2n) is 6.51. The highest BCUT2D eigenvalue weighted by Crippen LogP contribution is 2.38. The molecule has 0 heterocycles. The summed E-state index contributed by atoms with van der Waals surface area (Å²) in [7, 11) is 0. The quantitative estimate of drug-likeness (QED) is 0.253. The van der Waals surface area contributed by atoms with Crippen LogP contribution >= 0.6 is 31.9 Å². The van der Waals surface area contributed by atoms with Gasteiger partial charge >= 0.3 is 0 Å². The van der Waals surface area contributed by atoms with E-state index in [4.69, 9.17) is 0 Å². The van der Waals surface area contributed by atoms with Crippen LogP contribution < -0.4 is 0 Å². The fraction of sp³-hybridized carbons (Fsp3) is 0. The van der Waals surface area contributed by atoms with Gasteiger partial charge in [-0.1, -0.05) is 123 Å². The summed E-state index contributed by atoms with van der Waals surface area (Å²) in [6, 6.07) is 38.2. The van der Waals surface area contributed by atoms with Crippen LogP contribution in [0.2, 0.25) is 0 Å². The van der Waals surface area contributed by atoms with Gasteiger partial charge in [0, 0.05) is 8.95 Å². The van der Waals surface area contributed by atoms with E-state index >= 15 is 0 Å². The number of halogens is 2. The van der Waals surface area contributed by atoms with Gasteiger partial charge in [0.2, 0.25) is 0 Å². The van der Waals surface area contributed by atoms with Gasteiger partial charge in [-0.2, -0.15) is 0 Å². The van der Waals surface area contributed by atoms with Gasteiger partial charge in [-0.3, -0.25) is 0 Å². The molecule has 4 aromatic carbocycles. The van der Waals surface area contributed by atoms with E-state index in [0.717, 1.165) is 14.5 Å². The summed E-state index contributed by atoms with van der Waals surface area (Å²) in [5, 5.41) is 0. The minimum atomic E-state index is 1.05. The fourth-order valence-corrected chi connectivity index (χ4v) is 4.72. The van der Waals surface area contributed by atoms with Crippen LogP contribution in [0, 0.1) is 0 Å². The maximum absolute atomic E-state index is 3.66. The molecular weight excluding hydrogens is 472 g/mol. The summed E-state index contributed by atoms with van der Waals surface area (Å²) in [6.07, 6.45) is 0. The second-order valence-corrected chi connectivity index (χ2v) is 8.34. The second kappa shape index (κ2) is 8.72. The molecule has 0 saturated carbocycles. The van der Waals surface area contributed by atoms with Gasteiger partial charge in [0.05, 0.1) is 0 Å². The highest BCUT2D eigenvalue weighted by Gasteiger charge is 2.16. The molecule has 0 unspecified atom stereocenters. The van der Waals surface area contributed by atoms with E-state index in [9.17, 15) is 0 Å². The molecule has 0 atom stereocenters. The van der Waals surface area contributed by atoms with Crippen molar-refractivity contribution in [1.29, 1.82) is 0 Å². The molecule has 0 radical (unpaired) electrons. The van der Waals surface area contributed by atoms with Crippen molar-refractivity contribution in [3.8, 4) is 0 Å². The summed E-state index contributed by atoms with van der Waals surface area (Å²) < 4.78 is 2.09. The van der Waals surface area contributed by atoms with Gasteiger partial charge in [-0.15, -0.1) is 0 Å². The van der Waals surface area contributed by atoms with Crippen LogP contribution in [0.3, 0.4) is 0 Å². The van der Waals surface area contributed by atoms with Crippen molar-refractivity contribution >= 4 is 43.0 Å². The van der Waals surface area contributed by atoms with Gasteiger partial charge in [0.15, 0.2) is 0 Å². The third-order valence-electron chi connectivity index (χ3n) is 4.59. The Hall–Kier alpha value is -2.42. The van der Waals surface area contributed by atoms with Gasteiger partial charge in [-0.25, -0.2) is 0 Å². The zero-order chi connectivity index (χ0) is 19.3. The van der Waals surface area contributed by atoms with E-state index in [1.54, 1.807) is 0 Å². The Labute approximate surface area is 182 Å². The van der Waals surface area contributed by atoms with Crippen molar-refractivity contribution in [3.05, 3.63) is 140 Å². The smallest absolute Gasteiger partial charge is 0.0192 e. The molecule has 28 heavy (non-hydrogen) atoms. The SMILES string of the molecule is Brc1cc(Br)cc(C(=C(c2ccccc2)c2ccccc2)c2ccccc2)c1. The van der Waals surface area contributed by atoms with Crippen LogP contribution in [-0.4, -0.2) is 0 Å². The lowest BCUT2D eigenvalue weighted by Gasteiger charge is -2.18. The lowest BCUT2D eigenvalue weighted by molar-refractivity contribution is 1.48. The number of rotatable bonds is 4. The zero-order valence-electron chi connectivity index (χ0n) is 15.1. The third kappa shape index (κ3) is 4.19. The molecule has 136 valence electrons. The largest absolute Gasteiger partial charge is 0.0622 e. The minimum Gasteiger partial charge on any atom is -0.0622 e. The minimum absolute atomic E-state index is 1.05. The average molecular weight is 490 g/mol. The molecule has 0 N–H and O–H groups in total. The molecule has 0 amide bonds. The Balaban J connectivity index is 2.12. The summed E-state index contributed by atoms with van der Waals surface area (Å²) in [5.74, 6) is 0. The summed E-state index contributed by atoms with van der Waals surface area (Å²) in [4.78, 5) is 0. The van der Waals surface area contributed by atoms with E-state index in [2.05, 4.69) is 141 Å². The Morgan fingerprint density at radius 3 is 1.07 bits per heavy atom. The first-order chi connectivity index (χ1) is 13.7. The fourth-order valence-electron chi connectivity index (χ4n) is 3.42.